The van der Waals surface area contributed by atoms with Gasteiger partial charge in [-0.25, -0.2) is 0 Å². The molecule has 28 heavy (non-hydrogen) atoms. The molecule has 6 heteroatoms. The number of aryl methyl sites for hydroxylation is 2. The Morgan fingerprint density at radius 2 is 1.71 bits per heavy atom. The number of amides is 2. The minimum absolute atomic E-state index is 0.141. The number of carbonyl (C=O) groups is 2. The van der Waals surface area contributed by atoms with E-state index in [0.717, 1.165) is 18.7 Å². The molecule has 1 saturated heterocycles. The van der Waals surface area contributed by atoms with E-state index in [-0.39, 0.29) is 18.2 Å². The SMILES string of the molecule is Cc1ccc(Cl)cc1NC(=O)CC(=O)N1CCN(c2cccc(C)c2C)CC1. The molecule has 1 fully saturated rings. The van der Waals surface area contributed by atoms with E-state index in [2.05, 4.69) is 42.3 Å². The second-order valence-corrected chi connectivity index (χ2v) is 7.71. The van der Waals surface area contributed by atoms with Crippen molar-refractivity contribution in [3.8, 4) is 0 Å². The van der Waals surface area contributed by atoms with Gasteiger partial charge in [-0.05, 0) is 55.7 Å². The van der Waals surface area contributed by atoms with E-state index >= 15 is 0 Å². The molecule has 0 aliphatic carbocycles. The summed E-state index contributed by atoms with van der Waals surface area (Å²) in [6, 6.07) is 11.6. The minimum atomic E-state index is -0.313. The molecule has 2 amide bonds. The van der Waals surface area contributed by atoms with E-state index < -0.39 is 0 Å². The van der Waals surface area contributed by atoms with Crippen molar-refractivity contribution in [2.45, 2.75) is 27.2 Å². The number of halogens is 1. The van der Waals surface area contributed by atoms with Gasteiger partial charge in [0.1, 0.15) is 6.42 Å². The number of rotatable bonds is 4. The third-order valence-corrected chi connectivity index (χ3v) is 5.57. The summed E-state index contributed by atoms with van der Waals surface area (Å²) < 4.78 is 0. The summed E-state index contributed by atoms with van der Waals surface area (Å²) in [4.78, 5) is 28.9. The Kier molecular flexibility index (Phi) is 6.25. The predicted molar refractivity (Wildman–Crippen MR) is 114 cm³/mol. The highest BCUT2D eigenvalue weighted by Crippen LogP contribution is 2.24. The van der Waals surface area contributed by atoms with Crippen molar-refractivity contribution >= 4 is 34.8 Å². The predicted octanol–water partition coefficient (Wildman–Crippen LogP) is 3.94. The van der Waals surface area contributed by atoms with Crippen LogP contribution in [-0.4, -0.2) is 42.9 Å². The van der Waals surface area contributed by atoms with Crippen molar-refractivity contribution in [3.05, 3.63) is 58.1 Å². The molecule has 0 spiro atoms. The molecule has 3 rings (SSSR count). The molecule has 1 heterocycles. The van der Waals surface area contributed by atoms with E-state index in [1.807, 2.05) is 13.0 Å². The van der Waals surface area contributed by atoms with Gasteiger partial charge in [0, 0.05) is 42.6 Å². The zero-order chi connectivity index (χ0) is 20.3. The number of hydrogen-bond donors (Lipinski definition) is 1. The average Bonchev–Trinajstić information content (AvgIpc) is 2.67. The molecule has 148 valence electrons. The van der Waals surface area contributed by atoms with Crippen molar-refractivity contribution in [1.82, 2.24) is 4.90 Å². The summed E-state index contributed by atoms with van der Waals surface area (Å²) in [6.45, 7) is 8.91. The maximum Gasteiger partial charge on any atom is 0.233 e. The topological polar surface area (TPSA) is 52.7 Å². The smallest absolute Gasteiger partial charge is 0.233 e. The zero-order valence-electron chi connectivity index (χ0n) is 16.6. The highest BCUT2D eigenvalue weighted by atomic mass is 35.5. The molecule has 0 atom stereocenters. The van der Waals surface area contributed by atoms with Gasteiger partial charge in [0.2, 0.25) is 11.8 Å². The first kappa shape index (κ1) is 20.2. The van der Waals surface area contributed by atoms with Crippen molar-refractivity contribution < 1.29 is 9.59 Å². The van der Waals surface area contributed by atoms with E-state index in [1.165, 1.54) is 16.8 Å². The fourth-order valence-corrected chi connectivity index (χ4v) is 3.62. The molecule has 2 aromatic carbocycles. The second kappa shape index (κ2) is 8.65. The summed E-state index contributed by atoms with van der Waals surface area (Å²) in [5.41, 5.74) is 5.32. The lowest BCUT2D eigenvalue weighted by molar-refractivity contribution is -0.134. The van der Waals surface area contributed by atoms with Crippen molar-refractivity contribution in [2.24, 2.45) is 0 Å². The van der Waals surface area contributed by atoms with E-state index in [1.54, 1.807) is 17.0 Å². The third-order valence-electron chi connectivity index (χ3n) is 5.33. The summed E-state index contributed by atoms with van der Waals surface area (Å²) in [7, 11) is 0. The number of piperazine rings is 1. The molecule has 2 aromatic rings. The molecular formula is C22H26ClN3O2. The molecule has 5 nitrogen and oxygen atoms in total. The summed E-state index contributed by atoms with van der Waals surface area (Å²) >= 11 is 5.98. The number of anilines is 2. The Morgan fingerprint density at radius 3 is 2.43 bits per heavy atom. The first-order valence-corrected chi connectivity index (χ1v) is 9.88. The van der Waals surface area contributed by atoms with Crippen LogP contribution in [0.4, 0.5) is 11.4 Å². The van der Waals surface area contributed by atoms with Gasteiger partial charge < -0.3 is 15.1 Å². The average molecular weight is 400 g/mol. The van der Waals surface area contributed by atoms with Crippen LogP contribution in [0.15, 0.2) is 36.4 Å². The molecular weight excluding hydrogens is 374 g/mol. The van der Waals surface area contributed by atoms with Gasteiger partial charge in [-0.3, -0.25) is 9.59 Å². The zero-order valence-corrected chi connectivity index (χ0v) is 17.3. The first-order valence-electron chi connectivity index (χ1n) is 9.50. The standard InChI is InChI=1S/C22H26ClN3O2/c1-15-5-4-6-20(17(15)3)25-9-11-26(12-10-25)22(28)14-21(27)24-19-13-18(23)8-7-16(19)2/h4-8,13H,9-12,14H2,1-3H3,(H,24,27). The van der Waals surface area contributed by atoms with E-state index in [0.29, 0.717) is 23.8 Å². The molecule has 1 N–H and O–H groups in total. The maximum absolute atomic E-state index is 12.5. The summed E-state index contributed by atoms with van der Waals surface area (Å²) in [5, 5.41) is 3.34. The van der Waals surface area contributed by atoms with Crippen LogP contribution in [0.5, 0.6) is 0 Å². The van der Waals surface area contributed by atoms with E-state index in [4.69, 9.17) is 11.6 Å². The van der Waals surface area contributed by atoms with Gasteiger partial charge in [0.15, 0.2) is 0 Å². The maximum atomic E-state index is 12.5. The van der Waals surface area contributed by atoms with E-state index in [9.17, 15) is 9.59 Å². The minimum Gasteiger partial charge on any atom is -0.368 e. The van der Waals surface area contributed by atoms with Crippen LogP contribution in [0.2, 0.25) is 5.02 Å². The Balaban J connectivity index is 1.54. The highest BCUT2D eigenvalue weighted by Gasteiger charge is 2.24. The second-order valence-electron chi connectivity index (χ2n) is 7.27. The van der Waals surface area contributed by atoms with Crippen LogP contribution in [-0.2, 0) is 9.59 Å². The number of benzene rings is 2. The van der Waals surface area contributed by atoms with Crippen molar-refractivity contribution in [3.63, 3.8) is 0 Å². The van der Waals surface area contributed by atoms with Crippen LogP contribution in [0.3, 0.4) is 0 Å². The quantitative estimate of drug-likeness (QED) is 0.792. The molecule has 0 radical (unpaired) electrons. The van der Waals surface area contributed by atoms with Crippen LogP contribution < -0.4 is 10.2 Å². The van der Waals surface area contributed by atoms with Crippen molar-refractivity contribution in [1.29, 1.82) is 0 Å². The van der Waals surface area contributed by atoms with Crippen LogP contribution in [0, 0.1) is 20.8 Å². The molecule has 0 aromatic heterocycles. The van der Waals surface area contributed by atoms with Gasteiger partial charge in [-0.2, -0.15) is 0 Å². The van der Waals surface area contributed by atoms with Crippen molar-refractivity contribution in [2.75, 3.05) is 36.4 Å². The lowest BCUT2D eigenvalue weighted by Gasteiger charge is -2.37. The number of nitrogens with one attached hydrogen (secondary N) is 1. The van der Waals surface area contributed by atoms with Gasteiger partial charge in [-0.1, -0.05) is 29.8 Å². The highest BCUT2D eigenvalue weighted by molar-refractivity contribution is 6.31. The van der Waals surface area contributed by atoms with Crippen LogP contribution >= 0.6 is 11.6 Å². The molecule has 0 bridgehead atoms. The summed E-state index contributed by atoms with van der Waals surface area (Å²) in [6.07, 6.45) is -0.157. The largest absolute Gasteiger partial charge is 0.368 e. The van der Waals surface area contributed by atoms with Gasteiger partial charge in [0.25, 0.3) is 0 Å². The monoisotopic (exact) mass is 399 g/mol. The molecule has 0 saturated carbocycles. The molecule has 1 aliphatic rings. The van der Waals surface area contributed by atoms with Crippen LogP contribution in [0.1, 0.15) is 23.1 Å². The number of nitrogens with zero attached hydrogens (tertiary/aromatic N) is 2. The lowest BCUT2D eigenvalue weighted by atomic mass is 10.1. The molecule has 1 aliphatic heterocycles. The first-order chi connectivity index (χ1) is 13.3. The van der Waals surface area contributed by atoms with Crippen LogP contribution in [0.25, 0.3) is 0 Å². The number of hydrogen-bond acceptors (Lipinski definition) is 3. The van der Waals surface area contributed by atoms with Gasteiger partial charge in [0.05, 0.1) is 0 Å². The number of carbonyl (C=O) groups excluding carboxylic acids is 2. The summed E-state index contributed by atoms with van der Waals surface area (Å²) in [5.74, 6) is -0.454. The van der Waals surface area contributed by atoms with Gasteiger partial charge >= 0.3 is 0 Å². The fourth-order valence-electron chi connectivity index (χ4n) is 3.45. The fraction of sp³-hybridized carbons (Fsp3) is 0.364. The van der Waals surface area contributed by atoms with Gasteiger partial charge in [-0.15, -0.1) is 0 Å². The molecule has 0 unspecified atom stereocenters. The Hall–Kier alpha value is -2.53. The Bertz CT molecular complexity index is 889. The lowest BCUT2D eigenvalue weighted by Crippen LogP contribution is -2.49. The normalized spacial score (nSPS) is 14.1. The Morgan fingerprint density at radius 1 is 1.00 bits per heavy atom. The third kappa shape index (κ3) is 4.65. The Labute approximate surface area is 171 Å².